The molecule has 2 heterocycles. The fraction of sp³-hybridized carbons (Fsp3) is 0.304. The van der Waals surface area contributed by atoms with Crippen molar-refractivity contribution >= 4 is 11.7 Å². The molecule has 1 fully saturated rings. The molecule has 0 atom stereocenters. The molecule has 0 unspecified atom stereocenters. The average molecular weight is 539 g/mol. The molecule has 0 bridgehead atoms. The molecular weight excluding hydrogens is 517 g/mol. The predicted octanol–water partition coefficient (Wildman–Crippen LogP) is 2.08. The number of hydrogen-bond donors (Lipinski definition) is 2. The quantitative estimate of drug-likeness (QED) is 0.266. The van der Waals surface area contributed by atoms with E-state index in [2.05, 4.69) is 20.6 Å². The number of para-hydroxylation sites is 1. The number of benzene rings is 2. The lowest BCUT2D eigenvalue weighted by molar-refractivity contribution is -0.189. The van der Waals surface area contributed by atoms with Gasteiger partial charge in [-0.2, -0.15) is 31.3 Å². The van der Waals surface area contributed by atoms with E-state index < -0.39 is 48.3 Å². The van der Waals surface area contributed by atoms with Crippen LogP contribution in [-0.4, -0.2) is 64.7 Å². The van der Waals surface area contributed by atoms with Crippen molar-refractivity contribution in [1.82, 2.24) is 25.1 Å². The van der Waals surface area contributed by atoms with E-state index in [4.69, 9.17) is 10.5 Å². The van der Waals surface area contributed by atoms with E-state index in [1.54, 1.807) is 24.3 Å². The summed E-state index contributed by atoms with van der Waals surface area (Å²) in [5.41, 5.74) is 4.63. The smallest absolute Gasteiger partial charge is 0.417 e. The predicted molar refractivity (Wildman–Crippen MR) is 126 cm³/mol. The van der Waals surface area contributed by atoms with Gasteiger partial charge in [0.1, 0.15) is 5.69 Å². The molecule has 3 N–H and O–H groups in total. The van der Waals surface area contributed by atoms with Gasteiger partial charge in [-0.3, -0.25) is 0 Å². The van der Waals surface area contributed by atoms with Crippen molar-refractivity contribution < 1.29 is 31.5 Å². The zero-order valence-corrected chi connectivity index (χ0v) is 19.7. The number of ether oxygens (including phenoxy) is 1. The standard InChI is InChI=1S/C23H22F5N7O3/c24-20(25)15(12-29)13-34-22(37)35(32-31-34)18-3-1-2-17(19(18)38-21(36)23(26,27)28)14-4-6-16(7-5-14)33-10-8-30-9-11-33/h1-7,30H,8-13,29H2. The van der Waals surface area contributed by atoms with E-state index in [9.17, 15) is 31.5 Å². The molecule has 1 aromatic heterocycles. The number of rotatable bonds is 7. The topological polar surface area (TPSA) is 120 Å². The summed E-state index contributed by atoms with van der Waals surface area (Å²) in [6, 6.07) is 10.8. The van der Waals surface area contributed by atoms with Crippen LogP contribution in [0.5, 0.6) is 5.75 Å². The van der Waals surface area contributed by atoms with Crippen LogP contribution in [0.2, 0.25) is 0 Å². The third kappa shape index (κ3) is 5.73. The summed E-state index contributed by atoms with van der Waals surface area (Å²) < 4.78 is 71.3. The van der Waals surface area contributed by atoms with Gasteiger partial charge in [0.15, 0.2) is 5.75 Å². The number of hydrogen-bond acceptors (Lipinski definition) is 8. The van der Waals surface area contributed by atoms with Crippen LogP contribution in [-0.2, 0) is 11.3 Å². The molecule has 0 spiro atoms. The minimum absolute atomic E-state index is 0.0609. The average Bonchev–Trinajstić information content (AvgIpc) is 3.26. The third-order valence-electron chi connectivity index (χ3n) is 5.80. The molecular formula is C23H22F5N7O3. The number of esters is 1. The van der Waals surface area contributed by atoms with Crippen LogP contribution in [0.15, 0.2) is 58.9 Å². The lowest BCUT2D eigenvalue weighted by Crippen LogP contribution is -2.43. The van der Waals surface area contributed by atoms with Gasteiger partial charge in [-0.25, -0.2) is 9.59 Å². The van der Waals surface area contributed by atoms with E-state index in [1.165, 1.54) is 18.2 Å². The van der Waals surface area contributed by atoms with Gasteiger partial charge in [-0.1, -0.05) is 24.3 Å². The monoisotopic (exact) mass is 539 g/mol. The zero-order chi connectivity index (χ0) is 27.4. The van der Waals surface area contributed by atoms with Gasteiger partial charge in [0.2, 0.25) is 0 Å². The van der Waals surface area contributed by atoms with E-state index >= 15 is 0 Å². The Morgan fingerprint density at radius 1 is 1.05 bits per heavy atom. The lowest BCUT2D eigenvalue weighted by Gasteiger charge is -2.29. The minimum Gasteiger partial charge on any atom is -0.417 e. The fourth-order valence-electron chi connectivity index (χ4n) is 3.86. The minimum atomic E-state index is -5.33. The number of carbonyl (C=O) groups excluding carboxylic acids is 1. The highest BCUT2D eigenvalue weighted by Gasteiger charge is 2.42. The maximum Gasteiger partial charge on any atom is 0.491 e. The Kier molecular flexibility index (Phi) is 7.87. The van der Waals surface area contributed by atoms with Crippen molar-refractivity contribution in [2.75, 3.05) is 37.6 Å². The Labute approximate surface area is 212 Å². The summed E-state index contributed by atoms with van der Waals surface area (Å²) in [6.07, 6.45) is -7.43. The highest BCUT2D eigenvalue weighted by Crippen LogP contribution is 2.37. The van der Waals surface area contributed by atoms with Gasteiger partial charge < -0.3 is 20.7 Å². The van der Waals surface area contributed by atoms with E-state index in [-0.39, 0.29) is 11.3 Å². The number of halogens is 5. The molecule has 3 aromatic rings. The first-order valence-corrected chi connectivity index (χ1v) is 11.3. The van der Waals surface area contributed by atoms with Crippen LogP contribution in [0.4, 0.5) is 27.6 Å². The molecule has 1 saturated heterocycles. The number of anilines is 1. The highest BCUT2D eigenvalue weighted by atomic mass is 19.4. The fourth-order valence-corrected chi connectivity index (χ4v) is 3.86. The number of nitrogens with zero attached hydrogens (tertiary/aromatic N) is 5. The molecule has 0 saturated carbocycles. The summed E-state index contributed by atoms with van der Waals surface area (Å²) >= 11 is 0. The molecule has 0 amide bonds. The van der Waals surface area contributed by atoms with Crippen molar-refractivity contribution in [3.8, 4) is 22.6 Å². The maximum absolute atomic E-state index is 13.1. The Bertz CT molecular complexity index is 1390. The molecule has 38 heavy (non-hydrogen) atoms. The van der Waals surface area contributed by atoms with Crippen LogP contribution in [0.1, 0.15) is 0 Å². The van der Waals surface area contributed by atoms with Gasteiger partial charge >= 0.3 is 17.8 Å². The highest BCUT2D eigenvalue weighted by molar-refractivity contribution is 5.84. The number of nitrogens with two attached hydrogens (primary N) is 1. The van der Waals surface area contributed by atoms with Gasteiger partial charge in [0.05, 0.1) is 6.54 Å². The third-order valence-corrected chi connectivity index (χ3v) is 5.80. The maximum atomic E-state index is 13.1. The molecule has 1 aliphatic rings. The molecule has 1 aliphatic heterocycles. The van der Waals surface area contributed by atoms with Crippen LogP contribution < -0.4 is 26.4 Å². The van der Waals surface area contributed by atoms with Crippen molar-refractivity contribution in [2.24, 2.45) is 5.73 Å². The molecule has 0 aliphatic carbocycles. The number of piperazine rings is 1. The lowest BCUT2D eigenvalue weighted by atomic mass is 10.0. The summed E-state index contributed by atoms with van der Waals surface area (Å²) in [4.78, 5) is 26.8. The first-order chi connectivity index (χ1) is 18.1. The van der Waals surface area contributed by atoms with Crippen molar-refractivity contribution in [2.45, 2.75) is 12.7 Å². The van der Waals surface area contributed by atoms with Crippen LogP contribution >= 0.6 is 0 Å². The van der Waals surface area contributed by atoms with E-state index in [1.807, 2.05) is 0 Å². The van der Waals surface area contributed by atoms with Crippen LogP contribution in [0.3, 0.4) is 0 Å². The molecule has 0 radical (unpaired) electrons. The Morgan fingerprint density at radius 3 is 2.34 bits per heavy atom. The Balaban J connectivity index is 1.78. The molecule has 202 valence electrons. The van der Waals surface area contributed by atoms with Crippen molar-refractivity contribution in [3.63, 3.8) is 0 Å². The van der Waals surface area contributed by atoms with Gasteiger partial charge in [-0.15, -0.1) is 0 Å². The summed E-state index contributed by atoms with van der Waals surface area (Å²) in [5.74, 6) is -3.12. The van der Waals surface area contributed by atoms with Gasteiger partial charge in [-0.05, 0) is 34.2 Å². The normalized spacial score (nSPS) is 13.9. The first-order valence-electron chi connectivity index (χ1n) is 11.3. The van der Waals surface area contributed by atoms with Gasteiger partial charge in [0, 0.05) is 49.5 Å². The SMILES string of the molecule is NCC(Cn1nnn(-c2cccc(-c3ccc(N4CCNCC4)cc3)c2OC(=O)C(F)(F)F)c1=O)=C(F)F. The summed E-state index contributed by atoms with van der Waals surface area (Å²) in [7, 11) is 0. The Hall–Kier alpha value is -4.11. The second kappa shape index (κ2) is 11.1. The van der Waals surface area contributed by atoms with Crippen molar-refractivity contribution in [1.29, 1.82) is 0 Å². The summed E-state index contributed by atoms with van der Waals surface area (Å²) in [5, 5.41) is 10.4. The number of alkyl halides is 3. The van der Waals surface area contributed by atoms with E-state index in [0.717, 1.165) is 31.9 Å². The molecule has 2 aromatic carbocycles. The molecule has 15 heteroatoms. The first kappa shape index (κ1) is 26.9. The number of tetrazole rings is 1. The largest absolute Gasteiger partial charge is 0.491 e. The molecule has 4 rings (SSSR count). The number of carbonyl (C=O) groups is 1. The van der Waals surface area contributed by atoms with Crippen molar-refractivity contribution in [3.05, 3.63) is 64.6 Å². The summed E-state index contributed by atoms with van der Waals surface area (Å²) in [6.45, 7) is 1.90. The number of nitrogens with one attached hydrogen (secondary N) is 1. The van der Waals surface area contributed by atoms with Gasteiger partial charge in [0.25, 0.3) is 6.08 Å². The number of aromatic nitrogens is 4. The van der Waals surface area contributed by atoms with Crippen LogP contribution in [0, 0.1) is 0 Å². The zero-order valence-electron chi connectivity index (χ0n) is 19.7. The second-order valence-electron chi connectivity index (χ2n) is 8.22. The van der Waals surface area contributed by atoms with E-state index in [0.29, 0.717) is 14.9 Å². The Morgan fingerprint density at radius 2 is 1.74 bits per heavy atom. The van der Waals surface area contributed by atoms with Crippen LogP contribution in [0.25, 0.3) is 16.8 Å². The second-order valence-corrected chi connectivity index (χ2v) is 8.22. The molecule has 10 nitrogen and oxygen atoms in total.